The van der Waals surface area contributed by atoms with E-state index in [2.05, 4.69) is 24.1 Å². The smallest absolute Gasteiger partial charge is 0.118 e. The predicted molar refractivity (Wildman–Crippen MR) is 76.3 cm³/mol. The third kappa shape index (κ3) is 4.00. The lowest BCUT2D eigenvalue weighted by Gasteiger charge is -2.17. The Morgan fingerprint density at radius 3 is 2.32 bits per heavy atom. The molecule has 19 heavy (non-hydrogen) atoms. The van der Waals surface area contributed by atoms with Gasteiger partial charge in [0.15, 0.2) is 0 Å². The van der Waals surface area contributed by atoms with E-state index in [-0.39, 0.29) is 0 Å². The van der Waals surface area contributed by atoms with E-state index in [1.54, 1.807) is 19.2 Å². The van der Waals surface area contributed by atoms with Crippen molar-refractivity contribution in [2.75, 3.05) is 14.2 Å². The molecule has 0 unspecified atom stereocenters. The number of nitrogens with zero attached hydrogens (tertiary/aromatic N) is 1. The summed E-state index contributed by atoms with van der Waals surface area (Å²) < 4.78 is 5.14. The molecule has 2 aromatic rings. The van der Waals surface area contributed by atoms with Crippen LogP contribution >= 0.6 is 0 Å². The van der Waals surface area contributed by atoms with Crippen LogP contribution in [0.2, 0.25) is 0 Å². The summed E-state index contributed by atoms with van der Waals surface area (Å²) in [6, 6.07) is 15.4. The van der Waals surface area contributed by atoms with Crippen molar-refractivity contribution in [2.24, 2.45) is 0 Å². The second-order valence-electron chi connectivity index (χ2n) is 4.69. The lowest BCUT2D eigenvalue weighted by molar-refractivity contribution is 0.318. The lowest BCUT2D eigenvalue weighted by atomic mass is 10.1. The van der Waals surface area contributed by atoms with Crippen LogP contribution < -0.4 is 4.74 Å². The van der Waals surface area contributed by atoms with Crippen LogP contribution in [0.4, 0.5) is 0 Å². The molecule has 0 bridgehead atoms. The third-order valence-corrected chi connectivity index (χ3v) is 2.97. The van der Waals surface area contributed by atoms with Crippen LogP contribution in [0.1, 0.15) is 11.1 Å². The van der Waals surface area contributed by atoms with Crippen LogP contribution in [0.3, 0.4) is 0 Å². The SMILES string of the molecule is COc1ccc(CN(C)Cc2cccc(O)c2)cc1. The minimum Gasteiger partial charge on any atom is -0.508 e. The predicted octanol–water partition coefficient (Wildman–Crippen LogP) is 3.03. The number of hydrogen-bond acceptors (Lipinski definition) is 3. The highest BCUT2D eigenvalue weighted by atomic mass is 16.5. The topological polar surface area (TPSA) is 32.7 Å². The van der Waals surface area contributed by atoms with Crippen LogP contribution in [0.25, 0.3) is 0 Å². The van der Waals surface area contributed by atoms with E-state index in [0.717, 1.165) is 24.4 Å². The van der Waals surface area contributed by atoms with Crippen LogP contribution in [0.15, 0.2) is 48.5 Å². The largest absolute Gasteiger partial charge is 0.508 e. The van der Waals surface area contributed by atoms with E-state index >= 15 is 0 Å². The summed E-state index contributed by atoms with van der Waals surface area (Å²) in [6.07, 6.45) is 0. The first-order chi connectivity index (χ1) is 9.17. The zero-order valence-corrected chi connectivity index (χ0v) is 11.3. The van der Waals surface area contributed by atoms with Gasteiger partial charge in [-0.2, -0.15) is 0 Å². The van der Waals surface area contributed by atoms with Gasteiger partial charge in [-0.05, 0) is 42.4 Å². The average molecular weight is 257 g/mol. The molecule has 0 saturated carbocycles. The van der Waals surface area contributed by atoms with Crippen molar-refractivity contribution in [3.05, 3.63) is 59.7 Å². The molecule has 0 spiro atoms. The summed E-state index contributed by atoms with van der Waals surface area (Å²) in [6.45, 7) is 1.67. The van der Waals surface area contributed by atoms with E-state index < -0.39 is 0 Å². The summed E-state index contributed by atoms with van der Waals surface area (Å²) in [7, 11) is 3.73. The van der Waals surface area contributed by atoms with Crippen molar-refractivity contribution in [3.8, 4) is 11.5 Å². The van der Waals surface area contributed by atoms with Crippen molar-refractivity contribution in [2.45, 2.75) is 13.1 Å². The first kappa shape index (κ1) is 13.4. The maximum atomic E-state index is 9.44. The Balaban J connectivity index is 1.95. The van der Waals surface area contributed by atoms with E-state index in [9.17, 15) is 5.11 Å². The molecule has 2 aromatic carbocycles. The van der Waals surface area contributed by atoms with Crippen LogP contribution in [-0.4, -0.2) is 24.2 Å². The average Bonchev–Trinajstić information content (AvgIpc) is 2.39. The van der Waals surface area contributed by atoms with Crippen LogP contribution in [0, 0.1) is 0 Å². The minimum absolute atomic E-state index is 0.315. The Labute approximate surface area is 114 Å². The van der Waals surface area contributed by atoms with Gasteiger partial charge in [-0.3, -0.25) is 4.90 Å². The summed E-state index contributed by atoms with van der Waals surface area (Å²) >= 11 is 0. The monoisotopic (exact) mass is 257 g/mol. The number of rotatable bonds is 5. The van der Waals surface area contributed by atoms with Gasteiger partial charge in [0.05, 0.1) is 7.11 Å². The molecule has 0 aliphatic rings. The second kappa shape index (κ2) is 6.25. The summed E-state index contributed by atoms with van der Waals surface area (Å²) in [5.41, 5.74) is 2.35. The molecule has 0 atom stereocenters. The van der Waals surface area contributed by atoms with Gasteiger partial charge in [-0.25, -0.2) is 0 Å². The number of methoxy groups -OCH3 is 1. The Hall–Kier alpha value is -2.00. The fourth-order valence-corrected chi connectivity index (χ4v) is 2.07. The Bertz CT molecular complexity index is 523. The number of phenolic OH excluding ortho intramolecular Hbond substituents is 1. The molecule has 0 aliphatic carbocycles. The Morgan fingerprint density at radius 2 is 1.68 bits per heavy atom. The third-order valence-electron chi connectivity index (χ3n) is 2.97. The molecular weight excluding hydrogens is 238 g/mol. The molecule has 0 radical (unpaired) electrons. The summed E-state index contributed by atoms with van der Waals surface area (Å²) in [5, 5.41) is 9.44. The molecule has 0 aliphatic heterocycles. The normalized spacial score (nSPS) is 10.7. The number of benzene rings is 2. The van der Waals surface area contributed by atoms with Crippen molar-refractivity contribution in [1.29, 1.82) is 0 Å². The van der Waals surface area contributed by atoms with Gasteiger partial charge in [0.1, 0.15) is 11.5 Å². The molecule has 0 saturated heterocycles. The molecule has 0 amide bonds. The van der Waals surface area contributed by atoms with Gasteiger partial charge < -0.3 is 9.84 Å². The van der Waals surface area contributed by atoms with Gasteiger partial charge in [0, 0.05) is 13.1 Å². The highest BCUT2D eigenvalue weighted by Crippen LogP contribution is 2.15. The van der Waals surface area contributed by atoms with Gasteiger partial charge in [-0.15, -0.1) is 0 Å². The zero-order valence-electron chi connectivity index (χ0n) is 11.3. The summed E-state index contributed by atoms with van der Waals surface area (Å²) in [4.78, 5) is 2.20. The molecule has 1 N–H and O–H groups in total. The quantitative estimate of drug-likeness (QED) is 0.893. The van der Waals surface area contributed by atoms with Crippen LogP contribution in [-0.2, 0) is 13.1 Å². The van der Waals surface area contributed by atoms with Gasteiger partial charge in [0.2, 0.25) is 0 Å². The van der Waals surface area contributed by atoms with Crippen molar-refractivity contribution in [1.82, 2.24) is 4.90 Å². The number of aromatic hydroxyl groups is 1. The van der Waals surface area contributed by atoms with Crippen molar-refractivity contribution in [3.63, 3.8) is 0 Å². The minimum atomic E-state index is 0.315. The van der Waals surface area contributed by atoms with Gasteiger partial charge >= 0.3 is 0 Å². The first-order valence-corrected chi connectivity index (χ1v) is 6.27. The standard InChI is InChI=1S/C16H19NO2/c1-17(12-14-4-3-5-15(18)10-14)11-13-6-8-16(19-2)9-7-13/h3-10,18H,11-12H2,1-2H3. The van der Waals surface area contributed by atoms with Gasteiger partial charge in [0.25, 0.3) is 0 Å². The number of ether oxygens (including phenoxy) is 1. The molecule has 3 heteroatoms. The highest BCUT2D eigenvalue weighted by molar-refractivity contribution is 5.28. The van der Waals surface area contributed by atoms with Crippen molar-refractivity contribution >= 4 is 0 Å². The first-order valence-electron chi connectivity index (χ1n) is 6.27. The van der Waals surface area contributed by atoms with E-state index in [0.29, 0.717) is 5.75 Å². The fraction of sp³-hybridized carbons (Fsp3) is 0.250. The maximum absolute atomic E-state index is 9.44. The molecule has 0 heterocycles. The lowest BCUT2D eigenvalue weighted by Crippen LogP contribution is -2.17. The number of phenols is 1. The van der Waals surface area contributed by atoms with Crippen LogP contribution in [0.5, 0.6) is 11.5 Å². The molecule has 3 nitrogen and oxygen atoms in total. The molecule has 100 valence electrons. The van der Waals surface area contributed by atoms with Gasteiger partial charge in [-0.1, -0.05) is 24.3 Å². The molecular formula is C16H19NO2. The van der Waals surface area contributed by atoms with E-state index in [1.807, 2.05) is 24.3 Å². The molecule has 0 aromatic heterocycles. The zero-order chi connectivity index (χ0) is 13.7. The molecule has 2 rings (SSSR count). The summed E-state index contributed by atoms with van der Waals surface area (Å²) in [5.74, 6) is 1.19. The van der Waals surface area contributed by atoms with Crippen molar-refractivity contribution < 1.29 is 9.84 Å². The fourth-order valence-electron chi connectivity index (χ4n) is 2.07. The Morgan fingerprint density at radius 1 is 1.00 bits per heavy atom. The maximum Gasteiger partial charge on any atom is 0.118 e. The molecule has 0 fully saturated rings. The number of hydrogen-bond donors (Lipinski definition) is 1. The second-order valence-corrected chi connectivity index (χ2v) is 4.69. The Kier molecular flexibility index (Phi) is 4.42. The van der Waals surface area contributed by atoms with E-state index in [1.165, 1.54) is 5.56 Å². The van der Waals surface area contributed by atoms with E-state index in [4.69, 9.17) is 4.74 Å². The highest BCUT2D eigenvalue weighted by Gasteiger charge is 2.03.